The van der Waals surface area contributed by atoms with Gasteiger partial charge in [0, 0.05) is 6.07 Å². The summed E-state index contributed by atoms with van der Waals surface area (Å²) in [5, 5.41) is 82.8. The molecule has 8 rings (SSSR count). The zero-order valence-electron chi connectivity index (χ0n) is 43.6. The summed E-state index contributed by atoms with van der Waals surface area (Å²) in [5.41, 5.74) is 3.92. The van der Waals surface area contributed by atoms with Crippen molar-refractivity contribution >= 4 is 82.1 Å². The first-order valence-corrected chi connectivity index (χ1v) is 25.3. The minimum Gasteiger partial charge on any atom is -0.507 e. The molecule has 21 nitrogen and oxygen atoms in total. The molecule has 0 saturated carbocycles. The second-order valence-corrected chi connectivity index (χ2v) is 18.1. The van der Waals surface area contributed by atoms with Crippen molar-refractivity contribution in [3.63, 3.8) is 0 Å². The van der Waals surface area contributed by atoms with E-state index in [1.54, 1.807) is 121 Å². The Balaban J connectivity index is 0.936. The van der Waals surface area contributed by atoms with Crippen LogP contribution >= 0.6 is 0 Å². The lowest BCUT2D eigenvalue weighted by molar-refractivity contribution is -0.135. The summed E-state index contributed by atoms with van der Waals surface area (Å²) < 4.78 is 17.2. The fraction of sp³-hybridized carbons (Fsp3) is 0.0968. The molecule has 0 aliphatic heterocycles. The largest absolute Gasteiger partial charge is 0.507 e. The molecule has 83 heavy (non-hydrogen) atoms. The fourth-order valence-corrected chi connectivity index (χ4v) is 7.97. The summed E-state index contributed by atoms with van der Waals surface area (Å²) in [6, 6.07) is 43.3. The maximum atomic E-state index is 13.5. The Morgan fingerprint density at radius 1 is 0.349 bits per heavy atom. The van der Waals surface area contributed by atoms with Gasteiger partial charge in [0.15, 0.2) is 0 Å². The normalized spacial score (nSPS) is 11.3. The fourth-order valence-electron chi connectivity index (χ4n) is 7.97. The van der Waals surface area contributed by atoms with Crippen LogP contribution in [0.1, 0.15) is 78.2 Å². The van der Waals surface area contributed by atoms with Crippen molar-refractivity contribution in [2.45, 2.75) is 38.5 Å². The molecule has 0 aromatic heterocycles. The average molecular weight is 1120 g/mol. The van der Waals surface area contributed by atoms with Gasteiger partial charge in [-0.05, 0) is 144 Å². The van der Waals surface area contributed by atoms with Gasteiger partial charge in [-0.15, -0.1) is 0 Å². The Kier molecular flexibility index (Phi) is 19.0. The van der Waals surface area contributed by atoms with Gasteiger partial charge in [0.1, 0.15) is 51.2 Å². The minimum absolute atomic E-state index is 0.0103. The lowest BCUT2D eigenvalue weighted by atomic mass is 10.1. The number of benzene rings is 8. The van der Waals surface area contributed by atoms with Crippen molar-refractivity contribution < 1.29 is 73.6 Å². The van der Waals surface area contributed by atoms with E-state index in [9.17, 15) is 59.4 Å². The van der Waals surface area contributed by atoms with Gasteiger partial charge in [0.2, 0.25) is 0 Å². The van der Waals surface area contributed by atoms with Gasteiger partial charge in [0.05, 0.1) is 53.4 Å². The molecule has 0 aliphatic carbocycles. The molecular weight excluding hydrogens is 1070 g/mol. The first-order chi connectivity index (χ1) is 40.0. The van der Waals surface area contributed by atoms with Crippen molar-refractivity contribution in [2.75, 3.05) is 0 Å². The van der Waals surface area contributed by atoms with Crippen molar-refractivity contribution in [3.8, 4) is 34.5 Å². The molecule has 0 bridgehead atoms. The smallest absolute Gasteiger partial charge is 0.339 e. The number of ether oxygens (including phenoxy) is 3. The van der Waals surface area contributed by atoms with E-state index >= 15 is 0 Å². The van der Waals surface area contributed by atoms with Crippen molar-refractivity contribution in [1.29, 1.82) is 0 Å². The number of phenols is 3. The van der Waals surface area contributed by atoms with Crippen molar-refractivity contribution in [1.82, 2.24) is 0 Å². The quantitative estimate of drug-likeness (QED) is 0.0150. The van der Waals surface area contributed by atoms with Gasteiger partial charge in [-0.2, -0.15) is 30.7 Å². The highest BCUT2D eigenvalue weighted by molar-refractivity contribution is 5.93. The number of hydrogen-bond acceptors (Lipinski definition) is 18. The van der Waals surface area contributed by atoms with E-state index in [0.717, 1.165) is 0 Å². The third-order valence-electron chi connectivity index (χ3n) is 12.2. The highest BCUT2D eigenvalue weighted by Crippen LogP contribution is 2.32. The molecule has 0 heterocycles. The van der Waals surface area contributed by atoms with Crippen LogP contribution in [0.15, 0.2) is 201 Å². The number of azo groups is 3. The number of carbonyl (C=O) groups is 6. The van der Waals surface area contributed by atoms with Gasteiger partial charge in [-0.25, -0.2) is 14.4 Å². The molecule has 0 unspecified atom stereocenters. The van der Waals surface area contributed by atoms with Crippen molar-refractivity contribution in [3.05, 3.63) is 214 Å². The summed E-state index contributed by atoms with van der Waals surface area (Å²) in [5.74, 6) is -6.65. The Bertz CT molecular complexity index is 3740. The number of hydrogen-bond donors (Lipinski definition) is 6. The van der Waals surface area contributed by atoms with E-state index in [0.29, 0.717) is 44.9 Å². The van der Waals surface area contributed by atoms with Gasteiger partial charge >= 0.3 is 35.8 Å². The molecule has 0 amide bonds. The summed E-state index contributed by atoms with van der Waals surface area (Å²) >= 11 is 0. The molecule has 0 saturated heterocycles. The topological polar surface area (TPSA) is 326 Å². The third kappa shape index (κ3) is 16.5. The minimum atomic E-state index is -1.34. The van der Waals surface area contributed by atoms with Gasteiger partial charge in [0.25, 0.3) is 0 Å². The Labute approximate surface area is 472 Å². The zero-order valence-corrected chi connectivity index (χ0v) is 43.6. The second-order valence-electron chi connectivity index (χ2n) is 18.1. The van der Waals surface area contributed by atoms with E-state index in [4.69, 9.17) is 14.2 Å². The van der Waals surface area contributed by atoms with E-state index in [-0.39, 0.29) is 89.5 Å². The highest BCUT2D eigenvalue weighted by Gasteiger charge is 2.17. The summed E-state index contributed by atoms with van der Waals surface area (Å²) in [7, 11) is 0. The van der Waals surface area contributed by atoms with Gasteiger partial charge in [-0.1, -0.05) is 78.9 Å². The standard InChI is InChI=1S/C62H48N6O15/c69-54-25-20-42(33-48(54)60(75)76)63-66-51-10-4-1-7-39(51)17-28-57(72)81-45-23-15-37(16-24-45)13-14-38-31-46(82-58(73)29-18-40-8-2-5-11-52(40)67-64-43-21-26-55(70)49(34-43)61(77)78)36-47(32-38)83-59(74)30-19-41-9-3-6-12-53(41)68-65-44-22-27-56(71)50(35-44)62(79)80/h1-16,20-27,31-36,69-71H,17-19,28-30H2,(H,75,76)(H,77,78)(H,79,80). The molecule has 8 aromatic rings. The van der Waals surface area contributed by atoms with Crippen LogP contribution in [-0.2, 0) is 33.6 Å². The number of carboxylic acid groups (broad SMARTS) is 3. The SMILES string of the molecule is O=C(CCc1ccccc1N=Nc1ccc(O)c(C(=O)O)c1)Oc1ccc(C=Cc2cc(OC(=O)CCc3ccccc3N=Nc3ccc(O)c(C(=O)O)c3)cc(OC(=O)CCc3ccccc3N=Nc3ccc(O)c(C(=O)O)c3)c2)cc1. The lowest BCUT2D eigenvalue weighted by Gasteiger charge is -2.11. The maximum absolute atomic E-state index is 13.5. The zero-order chi connectivity index (χ0) is 58.8. The van der Waals surface area contributed by atoms with Crippen LogP contribution < -0.4 is 14.2 Å². The maximum Gasteiger partial charge on any atom is 0.339 e. The number of aryl methyl sites for hydroxylation is 3. The van der Waals surface area contributed by atoms with Gasteiger partial charge in [-0.3, -0.25) is 14.4 Å². The number of aromatic hydroxyl groups is 3. The van der Waals surface area contributed by atoms with Crippen molar-refractivity contribution in [2.24, 2.45) is 30.7 Å². The van der Waals surface area contributed by atoms with Crippen LogP contribution in [0.25, 0.3) is 12.2 Å². The molecule has 416 valence electrons. The van der Waals surface area contributed by atoms with E-state index < -0.39 is 53.1 Å². The van der Waals surface area contributed by atoms with Crippen LogP contribution in [0.4, 0.5) is 34.1 Å². The molecule has 8 aromatic carbocycles. The molecule has 0 radical (unpaired) electrons. The van der Waals surface area contributed by atoms with Crippen LogP contribution in [-0.4, -0.2) is 66.5 Å². The molecule has 0 spiro atoms. The Morgan fingerprint density at radius 3 is 1.02 bits per heavy atom. The second kappa shape index (κ2) is 27.4. The highest BCUT2D eigenvalue weighted by atomic mass is 16.5. The number of carboxylic acids is 3. The summed E-state index contributed by atoms with van der Waals surface area (Å²) in [4.78, 5) is 74.4. The van der Waals surface area contributed by atoms with Crippen LogP contribution in [0, 0.1) is 0 Å². The number of esters is 3. The van der Waals surface area contributed by atoms with Gasteiger partial charge < -0.3 is 44.8 Å². The van der Waals surface area contributed by atoms with E-state index in [1.165, 1.54) is 60.7 Å². The monoisotopic (exact) mass is 1120 g/mol. The lowest BCUT2D eigenvalue weighted by Crippen LogP contribution is -2.11. The molecular formula is C62H48N6O15. The van der Waals surface area contributed by atoms with E-state index in [2.05, 4.69) is 30.7 Å². The first-order valence-electron chi connectivity index (χ1n) is 25.3. The average Bonchev–Trinajstić information content (AvgIpc) is 3.56. The Morgan fingerprint density at radius 2 is 0.675 bits per heavy atom. The molecule has 21 heteroatoms. The predicted octanol–water partition coefficient (Wildman–Crippen LogP) is 13.9. The predicted molar refractivity (Wildman–Crippen MR) is 301 cm³/mol. The van der Waals surface area contributed by atoms with Crippen LogP contribution in [0.2, 0.25) is 0 Å². The first kappa shape index (κ1) is 57.7. The molecule has 6 N–H and O–H groups in total. The number of carbonyl (C=O) groups excluding carboxylic acids is 3. The summed E-state index contributed by atoms with van der Waals surface area (Å²) in [6.45, 7) is 0. The van der Waals surface area contributed by atoms with Crippen LogP contribution in [0.5, 0.6) is 34.5 Å². The number of aromatic carboxylic acids is 3. The summed E-state index contributed by atoms with van der Waals surface area (Å²) in [6.07, 6.45) is 3.77. The number of nitrogens with zero attached hydrogens (tertiary/aromatic N) is 6. The number of rotatable bonds is 23. The Hall–Kier alpha value is -11.5. The molecule has 0 atom stereocenters. The van der Waals surface area contributed by atoms with Crippen LogP contribution in [0.3, 0.4) is 0 Å². The van der Waals surface area contributed by atoms with E-state index in [1.807, 2.05) is 0 Å². The molecule has 0 fully saturated rings. The molecule has 0 aliphatic rings. The third-order valence-corrected chi connectivity index (χ3v) is 12.2.